The highest BCUT2D eigenvalue weighted by atomic mass is 31.2. The second kappa shape index (κ2) is 62.5. The number of hydrogen-bond donors (Lipinski definition) is 0. The summed E-state index contributed by atoms with van der Waals surface area (Å²) in [7, 11) is 1.16. The van der Waals surface area contributed by atoms with E-state index in [1.807, 2.05) is 21.1 Å². The molecule has 0 amide bonds. The van der Waals surface area contributed by atoms with Gasteiger partial charge in [-0.15, -0.1) is 0 Å². The molecule has 0 aromatic heterocycles. The molecule has 0 aliphatic rings. The van der Waals surface area contributed by atoms with Crippen molar-refractivity contribution in [3.63, 3.8) is 0 Å². The molecule has 2 atom stereocenters. The van der Waals surface area contributed by atoms with Crippen molar-refractivity contribution >= 4 is 19.8 Å². The van der Waals surface area contributed by atoms with E-state index in [1.54, 1.807) is 0 Å². The molecule has 0 fully saturated rings. The Kier molecular flexibility index (Phi) is 60.1. The van der Waals surface area contributed by atoms with Gasteiger partial charge in [-0.05, 0) is 96.3 Å². The third-order valence-corrected chi connectivity index (χ3v) is 15.6. The number of rotatable bonds is 62. The lowest BCUT2D eigenvalue weighted by atomic mass is 10.0. The van der Waals surface area contributed by atoms with Gasteiger partial charge in [-0.1, -0.05) is 284 Å². The van der Waals surface area contributed by atoms with E-state index in [-0.39, 0.29) is 26.1 Å². The maximum absolute atomic E-state index is 12.8. The molecular formula is C72H128NO8P. The highest BCUT2D eigenvalue weighted by molar-refractivity contribution is 7.45. The Morgan fingerprint density at radius 2 is 0.695 bits per heavy atom. The monoisotopic (exact) mass is 1170 g/mol. The molecule has 0 aromatic carbocycles. The molecule has 0 saturated heterocycles. The standard InChI is InChI=1S/C72H128NO8P/c1-6-8-10-12-14-16-18-20-22-24-26-27-28-29-30-31-32-33-34-35-36-37-38-39-40-41-42-43-44-45-47-49-51-53-55-57-59-61-63-65-72(75)81-70(69-80-82(76,77)79-67-66-73(3,4)5)68-78-71(74)64-62-60-58-56-54-52-50-48-46-25-23-21-19-17-15-13-11-9-7-2/h8,10,14-17,20-23,26-27,29-30,46,48,70H,6-7,9,11-13,18-19,24-25,28,31-45,47,49-69H2,1-5H3/b10-8-,16-14-,17-15-,22-20-,23-21-,27-26-,30-29-,48-46-. The first-order valence-electron chi connectivity index (χ1n) is 33.9. The lowest BCUT2D eigenvalue weighted by molar-refractivity contribution is -0.870. The van der Waals surface area contributed by atoms with Crippen LogP contribution in [-0.2, 0) is 32.7 Å². The summed E-state index contributed by atoms with van der Waals surface area (Å²) in [5, 5.41) is 0. The van der Waals surface area contributed by atoms with E-state index in [9.17, 15) is 19.0 Å². The zero-order valence-corrected chi connectivity index (χ0v) is 54.8. The summed E-state index contributed by atoms with van der Waals surface area (Å²) >= 11 is 0. The maximum atomic E-state index is 12.8. The number of ether oxygens (including phenoxy) is 2. The molecule has 0 rings (SSSR count). The zero-order valence-electron chi connectivity index (χ0n) is 53.9. The van der Waals surface area contributed by atoms with E-state index < -0.39 is 32.5 Å². The Morgan fingerprint density at radius 1 is 0.390 bits per heavy atom. The molecule has 0 radical (unpaired) electrons. The molecule has 0 spiro atoms. The van der Waals surface area contributed by atoms with Crippen molar-refractivity contribution in [2.75, 3.05) is 47.5 Å². The van der Waals surface area contributed by atoms with E-state index in [1.165, 1.54) is 167 Å². The largest absolute Gasteiger partial charge is 0.756 e. The summed E-state index contributed by atoms with van der Waals surface area (Å²) < 4.78 is 34.2. The van der Waals surface area contributed by atoms with Crippen LogP contribution in [-0.4, -0.2) is 70.0 Å². The molecule has 82 heavy (non-hydrogen) atoms. The van der Waals surface area contributed by atoms with Gasteiger partial charge >= 0.3 is 11.9 Å². The predicted octanol–water partition coefficient (Wildman–Crippen LogP) is 21.3. The van der Waals surface area contributed by atoms with Crippen LogP contribution in [0, 0.1) is 0 Å². The second-order valence-corrected chi connectivity index (χ2v) is 25.2. The first kappa shape index (κ1) is 78.9. The highest BCUT2D eigenvalue weighted by Crippen LogP contribution is 2.38. The first-order chi connectivity index (χ1) is 40.0. The van der Waals surface area contributed by atoms with Crippen molar-refractivity contribution in [1.82, 2.24) is 0 Å². The topological polar surface area (TPSA) is 111 Å². The van der Waals surface area contributed by atoms with E-state index in [4.69, 9.17) is 18.5 Å². The number of quaternary nitrogens is 1. The van der Waals surface area contributed by atoms with Gasteiger partial charge in [-0.25, -0.2) is 0 Å². The van der Waals surface area contributed by atoms with Crippen molar-refractivity contribution in [3.05, 3.63) is 97.2 Å². The van der Waals surface area contributed by atoms with Gasteiger partial charge in [0, 0.05) is 12.8 Å². The normalized spacial score (nSPS) is 13.8. The number of allylic oxidation sites excluding steroid dienone is 16. The average Bonchev–Trinajstić information content (AvgIpc) is 3.46. The Morgan fingerprint density at radius 3 is 1.04 bits per heavy atom. The number of esters is 2. The van der Waals surface area contributed by atoms with Gasteiger partial charge in [0.2, 0.25) is 0 Å². The molecule has 0 saturated carbocycles. The summed E-state index contributed by atoms with van der Waals surface area (Å²) in [5.41, 5.74) is 0. The Balaban J connectivity index is 3.97. The lowest BCUT2D eigenvalue weighted by Crippen LogP contribution is -2.37. The first-order valence-corrected chi connectivity index (χ1v) is 35.4. The van der Waals surface area contributed by atoms with Crippen molar-refractivity contribution < 1.29 is 42.1 Å². The van der Waals surface area contributed by atoms with Gasteiger partial charge in [0.25, 0.3) is 7.82 Å². The number of likely N-dealkylation sites (N-methyl/N-ethyl adjacent to an activating group) is 1. The van der Waals surface area contributed by atoms with Crippen LogP contribution in [0.3, 0.4) is 0 Å². The van der Waals surface area contributed by atoms with Crippen molar-refractivity contribution in [1.29, 1.82) is 0 Å². The fraction of sp³-hybridized carbons (Fsp3) is 0.750. The fourth-order valence-electron chi connectivity index (χ4n) is 9.40. The quantitative estimate of drug-likeness (QED) is 0.0195. The molecule has 474 valence electrons. The molecule has 0 N–H and O–H groups in total. The summed E-state index contributed by atoms with van der Waals surface area (Å²) in [6, 6.07) is 0. The van der Waals surface area contributed by atoms with Gasteiger partial charge in [-0.3, -0.25) is 14.2 Å². The minimum Gasteiger partial charge on any atom is -0.756 e. The number of unbranched alkanes of at least 4 members (excludes halogenated alkanes) is 32. The van der Waals surface area contributed by atoms with Crippen molar-refractivity contribution in [2.45, 2.75) is 302 Å². The van der Waals surface area contributed by atoms with Crippen LogP contribution in [0.2, 0.25) is 0 Å². The van der Waals surface area contributed by atoms with Gasteiger partial charge in [-0.2, -0.15) is 0 Å². The van der Waals surface area contributed by atoms with Crippen LogP contribution in [0.5, 0.6) is 0 Å². The van der Waals surface area contributed by atoms with Crippen LogP contribution in [0.15, 0.2) is 97.2 Å². The smallest absolute Gasteiger partial charge is 0.306 e. The van der Waals surface area contributed by atoms with Crippen LogP contribution < -0.4 is 4.89 Å². The molecule has 10 heteroatoms. The number of carbonyl (C=O) groups excluding carboxylic acids is 2. The number of nitrogens with zero attached hydrogens (tertiary/aromatic N) is 1. The zero-order chi connectivity index (χ0) is 59.8. The Labute approximate surface area is 506 Å². The minimum atomic E-state index is -4.64. The number of phosphoric acid groups is 1. The summed E-state index contributed by atoms with van der Waals surface area (Å²) in [6.45, 7) is 4.11. The van der Waals surface area contributed by atoms with Crippen LogP contribution >= 0.6 is 7.82 Å². The lowest BCUT2D eigenvalue weighted by Gasteiger charge is -2.28. The second-order valence-electron chi connectivity index (χ2n) is 23.8. The molecular weight excluding hydrogens is 1040 g/mol. The average molecular weight is 1170 g/mol. The highest BCUT2D eigenvalue weighted by Gasteiger charge is 2.22. The molecule has 0 aliphatic heterocycles. The predicted molar refractivity (Wildman–Crippen MR) is 351 cm³/mol. The SMILES string of the molecule is CC/C=C\C/C=C\C/C=C\C/C=C\C/C=C\CCCCCCCCCCCCCCCCCCCCCCCCCC(=O)OC(COC(=O)CCCCCCCC/C=C\C/C=C\C/C=C\CCCCC)COP(=O)([O-])OCC[N+](C)(C)C. The minimum absolute atomic E-state index is 0.0348. The summed E-state index contributed by atoms with van der Waals surface area (Å²) in [5.74, 6) is -0.840. The van der Waals surface area contributed by atoms with Gasteiger partial charge in [0.15, 0.2) is 6.10 Å². The van der Waals surface area contributed by atoms with Crippen LogP contribution in [0.25, 0.3) is 0 Å². The molecule has 2 unspecified atom stereocenters. The number of carbonyl (C=O) groups is 2. The van der Waals surface area contributed by atoms with Crippen LogP contribution in [0.1, 0.15) is 296 Å². The van der Waals surface area contributed by atoms with E-state index in [0.717, 1.165) is 89.9 Å². The third-order valence-electron chi connectivity index (χ3n) is 14.6. The van der Waals surface area contributed by atoms with Gasteiger partial charge in [0.05, 0.1) is 27.7 Å². The van der Waals surface area contributed by atoms with Crippen molar-refractivity contribution in [3.8, 4) is 0 Å². The maximum Gasteiger partial charge on any atom is 0.306 e. The molecule has 0 bridgehead atoms. The van der Waals surface area contributed by atoms with E-state index >= 15 is 0 Å². The van der Waals surface area contributed by atoms with E-state index in [2.05, 4.69) is 111 Å². The number of hydrogen-bond acceptors (Lipinski definition) is 8. The summed E-state index contributed by atoms with van der Waals surface area (Å²) in [6.07, 6.45) is 86.3. The molecule has 9 nitrogen and oxygen atoms in total. The number of phosphoric ester groups is 1. The molecule has 0 aromatic rings. The Bertz CT molecular complexity index is 1710. The third kappa shape index (κ3) is 66.1. The fourth-order valence-corrected chi connectivity index (χ4v) is 10.1. The van der Waals surface area contributed by atoms with E-state index in [0.29, 0.717) is 23.9 Å². The van der Waals surface area contributed by atoms with Crippen molar-refractivity contribution in [2.24, 2.45) is 0 Å². The van der Waals surface area contributed by atoms with Gasteiger partial charge in [0.1, 0.15) is 19.8 Å². The van der Waals surface area contributed by atoms with Crippen LogP contribution in [0.4, 0.5) is 0 Å². The molecule has 0 heterocycles. The summed E-state index contributed by atoms with van der Waals surface area (Å²) in [4.78, 5) is 38.0. The Hall–Kier alpha value is -3.07. The molecule has 0 aliphatic carbocycles. The van der Waals surface area contributed by atoms with Gasteiger partial charge < -0.3 is 27.9 Å².